The second-order valence-corrected chi connectivity index (χ2v) is 8.07. The Bertz CT molecular complexity index is 939. The van der Waals surface area contributed by atoms with Gasteiger partial charge in [0, 0.05) is 38.2 Å². The van der Waals surface area contributed by atoms with Crippen LogP contribution < -0.4 is 14.8 Å². The van der Waals surface area contributed by atoms with Crippen LogP contribution in [0.15, 0.2) is 24.3 Å². The summed E-state index contributed by atoms with van der Waals surface area (Å²) < 4.78 is 30.3. The monoisotopic (exact) mass is 375 g/mol. The lowest BCUT2D eigenvalue weighted by Crippen LogP contribution is -2.51. The van der Waals surface area contributed by atoms with Crippen molar-refractivity contribution in [2.24, 2.45) is 5.14 Å². The van der Waals surface area contributed by atoms with Gasteiger partial charge in [-0.1, -0.05) is 18.2 Å². The molecular weight excluding hydrogens is 354 g/mol. The van der Waals surface area contributed by atoms with Crippen LogP contribution in [0.1, 0.15) is 22.6 Å². The summed E-state index contributed by atoms with van der Waals surface area (Å²) in [4.78, 5) is 11.4. The van der Waals surface area contributed by atoms with E-state index in [1.165, 1.54) is 4.31 Å². The van der Waals surface area contributed by atoms with Crippen LogP contribution in [0.4, 0.5) is 5.82 Å². The summed E-state index contributed by atoms with van der Waals surface area (Å²) in [7, 11) is -3.65. The lowest BCUT2D eigenvalue weighted by atomic mass is 10.0. The number of benzene rings is 1. The number of hydrogen-bond acceptors (Lipinski definition) is 6. The summed E-state index contributed by atoms with van der Waals surface area (Å²) in [6.45, 7) is 4.05. The van der Waals surface area contributed by atoms with Crippen LogP contribution in [-0.2, 0) is 23.2 Å². The zero-order valence-electron chi connectivity index (χ0n) is 14.6. The first-order valence-corrected chi connectivity index (χ1v) is 10.0. The molecule has 9 heteroatoms. The van der Waals surface area contributed by atoms with Crippen molar-refractivity contribution in [2.45, 2.75) is 20.0 Å². The molecule has 0 atom stereocenters. The van der Waals surface area contributed by atoms with Crippen LogP contribution in [0.5, 0.6) is 5.75 Å². The van der Waals surface area contributed by atoms with Gasteiger partial charge in [-0.15, -0.1) is 0 Å². The van der Waals surface area contributed by atoms with Crippen molar-refractivity contribution in [1.29, 1.82) is 0 Å². The summed E-state index contributed by atoms with van der Waals surface area (Å²) in [5.74, 6) is 2.41. The zero-order valence-corrected chi connectivity index (χ0v) is 15.4. The summed E-state index contributed by atoms with van der Waals surface area (Å²) >= 11 is 0. The molecule has 2 aromatic rings. The van der Waals surface area contributed by atoms with Crippen LogP contribution in [0.3, 0.4) is 0 Å². The Kier molecular flexibility index (Phi) is 4.29. The molecule has 1 saturated heterocycles. The maximum Gasteiger partial charge on any atom is 0.277 e. The second kappa shape index (κ2) is 6.49. The molecule has 0 unspecified atom stereocenters. The zero-order chi connectivity index (χ0) is 18.3. The fraction of sp³-hybridized carbons (Fsp3) is 0.412. The predicted octanol–water partition coefficient (Wildman–Crippen LogP) is 0.594. The maximum absolute atomic E-state index is 11.5. The number of ether oxygens (including phenoxy) is 1. The first kappa shape index (κ1) is 17.2. The molecule has 4 rings (SSSR count). The van der Waals surface area contributed by atoms with Crippen molar-refractivity contribution in [2.75, 3.05) is 31.1 Å². The van der Waals surface area contributed by atoms with Gasteiger partial charge in [-0.05, 0) is 18.6 Å². The Balaban J connectivity index is 1.68. The average Bonchev–Trinajstić information content (AvgIpc) is 2.80. The Morgan fingerprint density at radius 2 is 1.85 bits per heavy atom. The minimum Gasteiger partial charge on any atom is -0.487 e. The van der Waals surface area contributed by atoms with E-state index in [9.17, 15) is 8.42 Å². The van der Waals surface area contributed by atoms with Crippen molar-refractivity contribution in [3.05, 3.63) is 46.9 Å². The quantitative estimate of drug-likeness (QED) is 0.824. The number of fused-ring (bicyclic) bond motifs is 2. The molecule has 0 aliphatic carbocycles. The van der Waals surface area contributed by atoms with E-state index in [4.69, 9.17) is 9.88 Å². The van der Waals surface area contributed by atoms with Gasteiger partial charge in [0.2, 0.25) is 0 Å². The third kappa shape index (κ3) is 3.25. The van der Waals surface area contributed by atoms with Crippen LogP contribution in [-0.4, -0.2) is 48.9 Å². The van der Waals surface area contributed by atoms with E-state index < -0.39 is 10.2 Å². The lowest BCUT2D eigenvalue weighted by molar-refractivity contribution is 0.301. The summed E-state index contributed by atoms with van der Waals surface area (Å²) in [5.41, 5.74) is 3.03. The number of aromatic nitrogens is 2. The lowest BCUT2D eigenvalue weighted by Gasteiger charge is -2.34. The molecule has 26 heavy (non-hydrogen) atoms. The Morgan fingerprint density at radius 1 is 1.12 bits per heavy atom. The Morgan fingerprint density at radius 3 is 2.58 bits per heavy atom. The third-order valence-corrected chi connectivity index (χ3v) is 5.87. The molecule has 0 spiro atoms. The molecule has 2 aliphatic rings. The first-order chi connectivity index (χ1) is 12.4. The van der Waals surface area contributed by atoms with Crippen LogP contribution >= 0.6 is 0 Å². The Hall–Kier alpha value is -2.23. The molecule has 2 N–H and O–H groups in total. The van der Waals surface area contributed by atoms with Crippen LogP contribution in [0.2, 0.25) is 0 Å². The van der Waals surface area contributed by atoms with Crippen LogP contribution in [0, 0.1) is 6.92 Å². The van der Waals surface area contributed by atoms with E-state index in [2.05, 4.69) is 14.9 Å². The Labute approximate surface area is 152 Å². The molecule has 138 valence electrons. The molecule has 1 aromatic heterocycles. The van der Waals surface area contributed by atoms with Gasteiger partial charge in [-0.3, -0.25) is 0 Å². The van der Waals surface area contributed by atoms with Crippen molar-refractivity contribution >= 4 is 16.0 Å². The molecular formula is C17H21N5O3S. The van der Waals surface area contributed by atoms with Crippen molar-refractivity contribution in [1.82, 2.24) is 14.3 Å². The van der Waals surface area contributed by atoms with Gasteiger partial charge in [0.15, 0.2) is 0 Å². The van der Waals surface area contributed by atoms with Gasteiger partial charge in [0.1, 0.15) is 24.0 Å². The summed E-state index contributed by atoms with van der Waals surface area (Å²) in [6.07, 6.45) is 0.691. The molecule has 3 heterocycles. The minimum absolute atomic E-state index is 0.351. The number of anilines is 1. The normalized spacial score (nSPS) is 17.8. The number of piperazine rings is 1. The van der Waals surface area contributed by atoms with Crippen molar-refractivity contribution < 1.29 is 13.2 Å². The van der Waals surface area contributed by atoms with E-state index in [1.807, 2.05) is 31.2 Å². The second-order valence-electron chi connectivity index (χ2n) is 6.52. The fourth-order valence-electron chi connectivity index (χ4n) is 3.48. The van der Waals surface area contributed by atoms with E-state index in [0.29, 0.717) is 45.0 Å². The van der Waals surface area contributed by atoms with Crippen molar-refractivity contribution in [3.63, 3.8) is 0 Å². The maximum atomic E-state index is 11.5. The number of hydrogen-bond donors (Lipinski definition) is 1. The SMILES string of the molecule is Cc1nc2c(c(N3CCN(S(N)(=O)=O)CC3)n1)Cc1ccccc1OC2. The number of para-hydroxylation sites is 1. The van der Waals surface area contributed by atoms with E-state index in [1.54, 1.807) is 0 Å². The summed E-state index contributed by atoms with van der Waals surface area (Å²) in [5, 5.41) is 5.24. The van der Waals surface area contributed by atoms with Crippen LogP contribution in [0.25, 0.3) is 0 Å². The number of nitrogens with two attached hydrogens (primary N) is 1. The van der Waals surface area contributed by atoms with Gasteiger partial charge in [-0.25, -0.2) is 15.1 Å². The van der Waals surface area contributed by atoms with E-state index >= 15 is 0 Å². The van der Waals surface area contributed by atoms with Gasteiger partial charge >= 0.3 is 0 Å². The highest BCUT2D eigenvalue weighted by molar-refractivity contribution is 7.86. The van der Waals surface area contributed by atoms with Gasteiger partial charge in [-0.2, -0.15) is 12.7 Å². The minimum atomic E-state index is -3.65. The molecule has 1 fully saturated rings. The molecule has 1 aromatic carbocycles. The smallest absolute Gasteiger partial charge is 0.277 e. The topological polar surface area (TPSA) is 102 Å². The van der Waals surface area contributed by atoms with Crippen molar-refractivity contribution in [3.8, 4) is 5.75 Å². The number of aryl methyl sites for hydroxylation is 1. The molecule has 0 amide bonds. The largest absolute Gasteiger partial charge is 0.487 e. The van der Waals surface area contributed by atoms with Gasteiger partial charge < -0.3 is 9.64 Å². The number of nitrogens with zero attached hydrogens (tertiary/aromatic N) is 4. The molecule has 0 radical (unpaired) electrons. The third-order valence-electron chi connectivity index (χ3n) is 4.79. The van der Waals surface area contributed by atoms with E-state index in [-0.39, 0.29) is 0 Å². The standard InChI is InChI=1S/C17H21N5O3S/c1-12-19-15-11-25-16-5-3-2-4-13(16)10-14(15)17(20-12)21-6-8-22(9-7-21)26(18,23)24/h2-5H,6-11H2,1H3,(H2,18,23,24). The summed E-state index contributed by atoms with van der Waals surface area (Å²) in [6, 6.07) is 7.96. The van der Waals surface area contributed by atoms with Gasteiger partial charge in [0.05, 0.1) is 5.69 Å². The predicted molar refractivity (Wildman–Crippen MR) is 97.2 cm³/mol. The van der Waals surface area contributed by atoms with E-state index in [0.717, 1.165) is 28.4 Å². The van der Waals surface area contributed by atoms with Gasteiger partial charge in [0.25, 0.3) is 10.2 Å². The highest BCUT2D eigenvalue weighted by Crippen LogP contribution is 2.32. The molecule has 0 saturated carbocycles. The molecule has 0 bridgehead atoms. The molecule has 8 nitrogen and oxygen atoms in total. The highest BCUT2D eigenvalue weighted by Gasteiger charge is 2.28. The first-order valence-electron chi connectivity index (χ1n) is 8.52. The molecule has 2 aliphatic heterocycles. The fourth-order valence-corrected chi connectivity index (χ4v) is 4.15. The average molecular weight is 375 g/mol. The number of rotatable bonds is 2. The highest BCUT2D eigenvalue weighted by atomic mass is 32.2.